The Hall–Kier alpha value is -0.800. The topological polar surface area (TPSA) is 24.1 Å². The molecule has 0 aromatic heterocycles. The SMILES string of the molecule is Fc1ccc(NCC2CCNCC2)c(Cl)c1. The first kappa shape index (κ1) is 11.7. The van der Waals surface area contributed by atoms with Gasteiger partial charge in [-0.1, -0.05) is 11.6 Å². The summed E-state index contributed by atoms with van der Waals surface area (Å²) in [6.45, 7) is 3.08. The molecular formula is C12H16ClFN2. The van der Waals surface area contributed by atoms with E-state index >= 15 is 0 Å². The third-order valence-electron chi connectivity index (χ3n) is 2.97. The highest BCUT2D eigenvalue weighted by atomic mass is 35.5. The number of halogens is 2. The third-order valence-corrected chi connectivity index (χ3v) is 3.28. The van der Waals surface area contributed by atoms with E-state index in [1.54, 1.807) is 6.07 Å². The Labute approximate surface area is 100 Å². The summed E-state index contributed by atoms with van der Waals surface area (Å²) >= 11 is 5.93. The van der Waals surface area contributed by atoms with Crippen molar-refractivity contribution in [2.45, 2.75) is 12.8 Å². The summed E-state index contributed by atoms with van der Waals surface area (Å²) in [6, 6.07) is 4.46. The van der Waals surface area contributed by atoms with Gasteiger partial charge in [0.2, 0.25) is 0 Å². The van der Waals surface area contributed by atoms with Crippen LogP contribution in [0.4, 0.5) is 10.1 Å². The van der Waals surface area contributed by atoms with Crippen LogP contribution in [0, 0.1) is 11.7 Å². The standard InChI is InChI=1S/C12H16ClFN2/c13-11-7-10(14)1-2-12(11)16-8-9-3-5-15-6-4-9/h1-2,7,9,15-16H,3-6,8H2. The first-order valence-electron chi connectivity index (χ1n) is 5.65. The second-order valence-electron chi connectivity index (χ2n) is 4.20. The molecule has 2 rings (SSSR count). The van der Waals surface area contributed by atoms with E-state index in [0.29, 0.717) is 10.9 Å². The van der Waals surface area contributed by atoms with Gasteiger partial charge in [-0.15, -0.1) is 0 Å². The lowest BCUT2D eigenvalue weighted by Crippen LogP contribution is -2.31. The number of hydrogen-bond acceptors (Lipinski definition) is 2. The Morgan fingerprint density at radius 3 is 2.81 bits per heavy atom. The van der Waals surface area contributed by atoms with Gasteiger partial charge in [0.05, 0.1) is 10.7 Å². The molecule has 1 heterocycles. The Morgan fingerprint density at radius 2 is 2.12 bits per heavy atom. The minimum atomic E-state index is -0.294. The van der Waals surface area contributed by atoms with Crippen LogP contribution in [0.2, 0.25) is 5.02 Å². The molecule has 0 atom stereocenters. The van der Waals surface area contributed by atoms with Crippen LogP contribution >= 0.6 is 11.6 Å². The second-order valence-corrected chi connectivity index (χ2v) is 4.61. The van der Waals surface area contributed by atoms with Crippen LogP contribution in [0.5, 0.6) is 0 Å². The van der Waals surface area contributed by atoms with E-state index in [4.69, 9.17) is 11.6 Å². The molecule has 0 radical (unpaired) electrons. The van der Waals surface area contributed by atoms with Crippen molar-refractivity contribution in [3.63, 3.8) is 0 Å². The first-order chi connectivity index (χ1) is 7.75. The van der Waals surface area contributed by atoms with Crippen molar-refractivity contribution in [1.29, 1.82) is 0 Å². The van der Waals surface area contributed by atoms with Gasteiger partial charge in [0, 0.05) is 6.54 Å². The van der Waals surface area contributed by atoms with Crippen molar-refractivity contribution in [1.82, 2.24) is 5.32 Å². The van der Waals surface area contributed by atoms with Gasteiger partial charge >= 0.3 is 0 Å². The Bertz CT molecular complexity index is 351. The smallest absolute Gasteiger partial charge is 0.124 e. The largest absolute Gasteiger partial charge is 0.384 e. The molecule has 0 aliphatic carbocycles. The molecule has 1 aromatic carbocycles. The fourth-order valence-corrected chi connectivity index (χ4v) is 2.21. The van der Waals surface area contributed by atoms with Crippen LogP contribution in [-0.2, 0) is 0 Å². The lowest BCUT2D eigenvalue weighted by atomic mass is 9.98. The average molecular weight is 243 g/mol. The quantitative estimate of drug-likeness (QED) is 0.852. The number of piperidine rings is 1. The fraction of sp³-hybridized carbons (Fsp3) is 0.500. The molecule has 0 amide bonds. The zero-order valence-electron chi connectivity index (χ0n) is 9.10. The van der Waals surface area contributed by atoms with E-state index in [1.165, 1.54) is 25.0 Å². The zero-order valence-corrected chi connectivity index (χ0v) is 9.86. The van der Waals surface area contributed by atoms with Crippen LogP contribution in [0.1, 0.15) is 12.8 Å². The number of rotatable bonds is 3. The number of nitrogens with one attached hydrogen (secondary N) is 2. The molecule has 1 aliphatic rings. The molecule has 0 spiro atoms. The monoisotopic (exact) mass is 242 g/mol. The summed E-state index contributed by atoms with van der Waals surface area (Å²) in [4.78, 5) is 0. The molecular weight excluding hydrogens is 227 g/mol. The van der Waals surface area contributed by atoms with Crippen LogP contribution in [0.3, 0.4) is 0 Å². The van der Waals surface area contributed by atoms with E-state index in [9.17, 15) is 4.39 Å². The fourth-order valence-electron chi connectivity index (χ4n) is 1.97. The van der Waals surface area contributed by atoms with Gasteiger partial charge in [-0.3, -0.25) is 0 Å². The van der Waals surface area contributed by atoms with Crippen LogP contribution in [0.25, 0.3) is 0 Å². The molecule has 2 N–H and O–H groups in total. The summed E-state index contributed by atoms with van der Waals surface area (Å²) < 4.78 is 12.8. The van der Waals surface area contributed by atoms with E-state index < -0.39 is 0 Å². The normalized spacial score (nSPS) is 17.4. The Balaban J connectivity index is 1.88. The molecule has 0 unspecified atom stereocenters. The third kappa shape index (κ3) is 3.09. The highest BCUT2D eigenvalue weighted by molar-refractivity contribution is 6.33. The van der Waals surface area contributed by atoms with Gasteiger partial charge in [-0.2, -0.15) is 0 Å². The van der Waals surface area contributed by atoms with E-state index in [-0.39, 0.29) is 5.82 Å². The van der Waals surface area contributed by atoms with Gasteiger partial charge in [0.15, 0.2) is 0 Å². The van der Waals surface area contributed by atoms with Crippen LogP contribution in [0.15, 0.2) is 18.2 Å². The van der Waals surface area contributed by atoms with Crippen molar-refractivity contribution in [3.05, 3.63) is 29.0 Å². The van der Waals surface area contributed by atoms with Crippen molar-refractivity contribution in [2.75, 3.05) is 25.0 Å². The highest BCUT2D eigenvalue weighted by Gasteiger charge is 2.12. The molecule has 1 aliphatic heterocycles. The number of benzene rings is 1. The summed E-state index contributed by atoms with van der Waals surface area (Å²) in [5.74, 6) is 0.389. The van der Waals surface area contributed by atoms with E-state index in [2.05, 4.69) is 10.6 Å². The summed E-state index contributed by atoms with van der Waals surface area (Å²) in [6.07, 6.45) is 2.37. The summed E-state index contributed by atoms with van der Waals surface area (Å²) in [5, 5.41) is 7.06. The van der Waals surface area contributed by atoms with Crippen LogP contribution < -0.4 is 10.6 Å². The van der Waals surface area contributed by atoms with Gasteiger partial charge in [0.25, 0.3) is 0 Å². The molecule has 88 valence electrons. The molecule has 1 saturated heterocycles. The van der Waals surface area contributed by atoms with Gasteiger partial charge in [-0.05, 0) is 50.0 Å². The van der Waals surface area contributed by atoms with Crippen molar-refractivity contribution < 1.29 is 4.39 Å². The molecule has 4 heteroatoms. The molecule has 1 aromatic rings. The van der Waals surface area contributed by atoms with Crippen molar-refractivity contribution in [3.8, 4) is 0 Å². The number of hydrogen-bond donors (Lipinski definition) is 2. The van der Waals surface area contributed by atoms with Gasteiger partial charge in [-0.25, -0.2) is 4.39 Å². The van der Waals surface area contributed by atoms with Crippen molar-refractivity contribution in [2.24, 2.45) is 5.92 Å². The maximum atomic E-state index is 12.8. The molecule has 1 fully saturated rings. The second kappa shape index (κ2) is 5.51. The Morgan fingerprint density at radius 1 is 1.38 bits per heavy atom. The minimum absolute atomic E-state index is 0.294. The predicted molar refractivity (Wildman–Crippen MR) is 65.5 cm³/mol. The maximum absolute atomic E-state index is 12.8. The van der Waals surface area contributed by atoms with E-state index in [0.717, 1.165) is 25.3 Å². The molecule has 0 saturated carbocycles. The lowest BCUT2D eigenvalue weighted by molar-refractivity contribution is 0.390. The minimum Gasteiger partial charge on any atom is -0.384 e. The lowest BCUT2D eigenvalue weighted by Gasteiger charge is -2.23. The maximum Gasteiger partial charge on any atom is 0.124 e. The van der Waals surface area contributed by atoms with Crippen LogP contribution in [-0.4, -0.2) is 19.6 Å². The summed E-state index contributed by atoms with van der Waals surface area (Å²) in [5.41, 5.74) is 0.821. The van der Waals surface area contributed by atoms with E-state index in [1.807, 2.05) is 0 Å². The average Bonchev–Trinajstić information content (AvgIpc) is 2.29. The number of anilines is 1. The predicted octanol–water partition coefficient (Wildman–Crippen LogP) is 2.89. The van der Waals surface area contributed by atoms with Crippen molar-refractivity contribution >= 4 is 17.3 Å². The molecule has 0 bridgehead atoms. The molecule has 2 nitrogen and oxygen atoms in total. The first-order valence-corrected chi connectivity index (χ1v) is 6.03. The molecule has 16 heavy (non-hydrogen) atoms. The zero-order chi connectivity index (χ0) is 11.4. The van der Waals surface area contributed by atoms with Gasteiger partial charge in [0.1, 0.15) is 5.82 Å². The Kier molecular flexibility index (Phi) is 4.02. The highest BCUT2D eigenvalue weighted by Crippen LogP contribution is 2.23. The van der Waals surface area contributed by atoms with Gasteiger partial charge < -0.3 is 10.6 Å². The summed E-state index contributed by atoms with van der Waals surface area (Å²) in [7, 11) is 0.